The van der Waals surface area contributed by atoms with Gasteiger partial charge in [0.25, 0.3) is 5.91 Å². The monoisotopic (exact) mass is 281 g/mol. The number of carboxylic acid groups (broad SMARTS) is 1. The van der Waals surface area contributed by atoms with Gasteiger partial charge >= 0.3 is 5.97 Å². The summed E-state index contributed by atoms with van der Waals surface area (Å²) >= 11 is 0. The average Bonchev–Trinajstić information content (AvgIpc) is 2.37. The van der Waals surface area contributed by atoms with Gasteiger partial charge in [-0.2, -0.15) is 0 Å². The summed E-state index contributed by atoms with van der Waals surface area (Å²) < 4.78 is 12.9. The topological polar surface area (TPSA) is 77.8 Å². The number of aromatic hydroxyl groups is 1. The van der Waals surface area contributed by atoms with Gasteiger partial charge < -0.3 is 15.1 Å². The Labute approximate surface area is 115 Å². The van der Waals surface area contributed by atoms with Gasteiger partial charge in [-0.3, -0.25) is 9.59 Å². The van der Waals surface area contributed by atoms with E-state index in [-0.39, 0.29) is 11.6 Å². The van der Waals surface area contributed by atoms with E-state index in [2.05, 4.69) is 0 Å². The highest BCUT2D eigenvalue weighted by Gasteiger charge is 2.33. The third kappa shape index (κ3) is 2.74. The number of carboxylic acids is 1. The van der Waals surface area contributed by atoms with Crippen molar-refractivity contribution in [2.75, 3.05) is 6.54 Å². The van der Waals surface area contributed by atoms with Crippen LogP contribution in [0.2, 0.25) is 0 Å². The lowest BCUT2D eigenvalue weighted by Gasteiger charge is -2.36. The van der Waals surface area contributed by atoms with Gasteiger partial charge in [-0.25, -0.2) is 4.39 Å². The minimum absolute atomic E-state index is 0.0343. The van der Waals surface area contributed by atoms with Crippen LogP contribution < -0.4 is 0 Å². The van der Waals surface area contributed by atoms with Crippen LogP contribution in [0.3, 0.4) is 0 Å². The van der Waals surface area contributed by atoms with Crippen LogP contribution >= 0.6 is 0 Å². The minimum atomic E-state index is -0.853. The molecule has 2 atom stereocenters. The molecule has 1 aliphatic heterocycles. The number of amides is 1. The van der Waals surface area contributed by atoms with Gasteiger partial charge in [0.2, 0.25) is 0 Å². The number of rotatable bonds is 2. The summed E-state index contributed by atoms with van der Waals surface area (Å²) in [6.07, 6.45) is 0.760. The second-order valence-electron chi connectivity index (χ2n) is 5.07. The lowest BCUT2D eigenvalue weighted by atomic mass is 9.91. The van der Waals surface area contributed by atoms with Crippen molar-refractivity contribution in [2.45, 2.75) is 25.8 Å². The quantitative estimate of drug-likeness (QED) is 0.867. The molecule has 0 radical (unpaired) electrons. The van der Waals surface area contributed by atoms with E-state index in [9.17, 15) is 19.1 Å². The zero-order valence-electron chi connectivity index (χ0n) is 11.0. The molecule has 1 aliphatic rings. The highest BCUT2D eigenvalue weighted by molar-refractivity contribution is 5.97. The fourth-order valence-electron chi connectivity index (χ4n) is 2.54. The van der Waals surface area contributed by atoms with Crippen LogP contribution in [0, 0.1) is 11.7 Å². The maximum absolute atomic E-state index is 12.9. The van der Waals surface area contributed by atoms with E-state index in [0.717, 1.165) is 12.1 Å². The molecular formula is C14H16FNO4. The summed E-state index contributed by atoms with van der Waals surface area (Å²) in [4.78, 5) is 24.8. The molecule has 5 nitrogen and oxygen atoms in total. The first-order chi connectivity index (χ1) is 9.40. The molecule has 1 heterocycles. The number of hydrogen-bond donors (Lipinski definition) is 2. The Balaban J connectivity index is 2.16. The summed E-state index contributed by atoms with van der Waals surface area (Å²) in [5.41, 5.74) is 0.0343. The Kier molecular flexibility index (Phi) is 3.92. The van der Waals surface area contributed by atoms with Gasteiger partial charge in [-0.1, -0.05) is 0 Å². The largest absolute Gasteiger partial charge is 0.507 e. The molecule has 0 aromatic heterocycles. The molecule has 0 spiro atoms. The number of halogens is 1. The van der Waals surface area contributed by atoms with Gasteiger partial charge in [-0.15, -0.1) is 0 Å². The molecule has 2 rings (SSSR count). The van der Waals surface area contributed by atoms with Crippen molar-refractivity contribution in [3.63, 3.8) is 0 Å². The van der Waals surface area contributed by atoms with Crippen LogP contribution in [-0.2, 0) is 4.79 Å². The zero-order valence-corrected chi connectivity index (χ0v) is 11.0. The maximum Gasteiger partial charge on any atom is 0.306 e. The van der Waals surface area contributed by atoms with Gasteiger partial charge in [-0.05, 0) is 31.9 Å². The van der Waals surface area contributed by atoms with Crippen molar-refractivity contribution in [1.82, 2.24) is 4.90 Å². The number of hydrogen-bond acceptors (Lipinski definition) is 3. The number of phenolic OH excluding ortho intramolecular Hbond substituents is 1. The van der Waals surface area contributed by atoms with E-state index < -0.39 is 29.4 Å². The van der Waals surface area contributed by atoms with E-state index in [1.54, 1.807) is 6.92 Å². The molecule has 0 aliphatic carbocycles. The van der Waals surface area contributed by atoms with E-state index in [0.29, 0.717) is 19.4 Å². The number of likely N-dealkylation sites (tertiary alicyclic amines) is 1. The fourth-order valence-corrected chi connectivity index (χ4v) is 2.54. The first-order valence-corrected chi connectivity index (χ1v) is 6.42. The number of carbonyl (C=O) groups is 2. The summed E-state index contributed by atoms with van der Waals surface area (Å²) in [6, 6.07) is 3.01. The Morgan fingerprint density at radius 2 is 2.10 bits per heavy atom. The predicted octanol–water partition coefficient (Wildman–Crippen LogP) is 1.86. The number of carbonyl (C=O) groups excluding carboxylic acids is 1. The van der Waals surface area contributed by atoms with Gasteiger partial charge in [0.1, 0.15) is 11.6 Å². The van der Waals surface area contributed by atoms with Crippen LogP contribution in [0.25, 0.3) is 0 Å². The Hall–Kier alpha value is -2.11. The number of aliphatic carboxylic acids is 1. The fraction of sp³-hybridized carbons (Fsp3) is 0.429. The molecular weight excluding hydrogens is 265 g/mol. The molecule has 0 saturated carbocycles. The average molecular weight is 281 g/mol. The van der Waals surface area contributed by atoms with Crippen LogP contribution in [0.15, 0.2) is 18.2 Å². The summed E-state index contributed by atoms with van der Waals surface area (Å²) in [5, 5.41) is 18.6. The SMILES string of the molecule is CC1CC(C(=O)O)CCN1C(=O)c1ccc(F)cc1O. The first kappa shape index (κ1) is 14.3. The van der Waals surface area contributed by atoms with E-state index in [1.807, 2.05) is 0 Å². The first-order valence-electron chi connectivity index (χ1n) is 6.42. The lowest BCUT2D eigenvalue weighted by molar-refractivity contribution is -0.143. The van der Waals surface area contributed by atoms with Crippen molar-refractivity contribution in [3.05, 3.63) is 29.6 Å². The molecule has 108 valence electrons. The maximum atomic E-state index is 12.9. The third-order valence-electron chi connectivity index (χ3n) is 3.68. The second kappa shape index (κ2) is 5.48. The van der Waals surface area contributed by atoms with Gasteiger partial charge in [0.15, 0.2) is 0 Å². The van der Waals surface area contributed by atoms with E-state index in [4.69, 9.17) is 5.11 Å². The number of nitrogens with zero attached hydrogens (tertiary/aromatic N) is 1. The summed E-state index contributed by atoms with van der Waals surface area (Å²) in [5.74, 6) is -2.72. The van der Waals surface area contributed by atoms with Crippen molar-refractivity contribution in [2.24, 2.45) is 5.92 Å². The molecule has 2 unspecified atom stereocenters. The molecule has 0 bridgehead atoms. The molecule has 1 fully saturated rings. The molecule has 1 aromatic rings. The third-order valence-corrected chi connectivity index (χ3v) is 3.68. The number of piperidine rings is 1. The highest BCUT2D eigenvalue weighted by Crippen LogP contribution is 2.27. The summed E-state index contributed by atoms with van der Waals surface area (Å²) in [7, 11) is 0. The lowest BCUT2D eigenvalue weighted by Crippen LogP contribution is -2.46. The highest BCUT2D eigenvalue weighted by atomic mass is 19.1. The molecule has 20 heavy (non-hydrogen) atoms. The number of benzene rings is 1. The molecule has 1 aromatic carbocycles. The molecule has 1 amide bonds. The van der Waals surface area contributed by atoms with Crippen molar-refractivity contribution < 1.29 is 24.2 Å². The van der Waals surface area contributed by atoms with Crippen molar-refractivity contribution >= 4 is 11.9 Å². The predicted molar refractivity (Wildman–Crippen MR) is 68.9 cm³/mol. The van der Waals surface area contributed by atoms with Crippen LogP contribution in [0.5, 0.6) is 5.75 Å². The van der Waals surface area contributed by atoms with Crippen LogP contribution in [0.4, 0.5) is 4.39 Å². The standard InChI is InChI=1S/C14H16FNO4/c1-8-6-9(14(19)20)4-5-16(8)13(18)11-3-2-10(15)7-12(11)17/h2-3,7-9,17H,4-6H2,1H3,(H,19,20). The zero-order chi connectivity index (χ0) is 14.9. The molecule has 6 heteroatoms. The second-order valence-corrected chi connectivity index (χ2v) is 5.07. The minimum Gasteiger partial charge on any atom is -0.507 e. The Morgan fingerprint density at radius 1 is 1.40 bits per heavy atom. The smallest absolute Gasteiger partial charge is 0.306 e. The normalized spacial score (nSPS) is 22.6. The summed E-state index contributed by atoms with van der Waals surface area (Å²) in [6.45, 7) is 2.08. The van der Waals surface area contributed by atoms with Gasteiger partial charge in [0.05, 0.1) is 11.5 Å². The van der Waals surface area contributed by atoms with Crippen LogP contribution in [-0.4, -0.2) is 39.6 Å². The number of phenols is 1. The van der Waals surface area contributed by atoms with Gasteiger partial charge in [0, 0.05) is 18.7 Å². The van der Waals surface area contributed by atoms with Crippen molar-refractivity contribution in [1.29, 1.82) is 0 Å². The van der Waals surface area contributed by atoms with Crippen molar-refractivity contribution in [3.8, 4) is 5.75 Å². The Bertz CT molecular complexity index is 546. The van der Waals surface area contributed by atoms with Crippen LogP contribution in [0.1, 0.15) is 30.1 Å². The molecule has 2 N–H and O–H groups in total. The molecule has 1 saturated heterocycles. The van der Waals surface area contributed by atoms with E-state index in [1.165, 1.54) is 11.0 Å². The van der Waals surface area contributed by atoms with E-state index >= 15 is 0 Å². The Morgan fingerprint density at radius 3 is 2.65 bits per heavy atom.